The third-order valence-electron chi connectivity index (χ3n) is 3.06. The molecule has 0 heterocycles. The molecule has 0 amide bonds. The summed E-state index contributed by atoms with van der Waals surface area (Å²) in [6.45, 7) is 2.67. The van der Waals surface area contributed by atoms with Gasteiger partial charge in [-0.3, -0.25) is 0 Å². The fourth-order valence-corrected chi connectivity index (χ4v) is 3.51. The first kappa shape index (κ1) is 18.1. The lowest BCUT2D eigenvalue weighted by atomic mass is 10.0. The fourth-order valence-electron chi connectivity index (χ4n) is 2.01. The fraction of sp³-hybridized carbons (Fsp3) is 0.167. The van der Waals surface area contributed by atoms with Crippen LogP contribution in [-0.4, -0.2) is 6.61 Å². The van der Waals surface area contributed by atoms with Crippen molar-refractivity contribution >= 4 is 55.1 Å². The van der Waals surface area contributed by atoms with Crippen LogP contribution in [0.2, 0.25) is 5.02 Å². The molecule has 0 saturated carbocycles. The highest BCUT2D eigenvalue weighted by Crippen LogP contribution is 2.35. The molecular formula is C18H14Br2ClNO. The quantitative estimate of drug-likeness (QED) is 0.370. The molecule has 0 unspecified atom stereocenters. The van der Waals surface area contributed by atoms with Gasteiger partial charge in [-0.05, 0) is 58.3 Å². The van der Waals surface area contributed by atoms with Crippen LogP contribution in [-0.2, 0) is 0 Å². The second kappa shape index (κ2) is 8.54. The van der Waals surface area contributed by atoms with Crippen molar-refractivity contribution in [2.75, 3.05) is 6.61 Å². The second-order valence-electron chi connectivity index (χ2n) is 4.83. The monoisotopic (exact) mass is 453 g/mol. The molecule has 0 fully saturated rings. The smallest absolute Gasteiger partial charge is 0.140 e. The molecule has 0 radical (unpaired) electrons. The molecule has 0 aliphatic rings. The molecule has 0 spiro atoms. The van der Waals surface area contributed by atoms with E-state index in [2.05, 4.69) is 44.9 Å². The Morgan fingerprint density at radius 1 is 1.26 bits per heavy atom. The average molecular weight is 456 g/mol. The Kier molecular flexibility index (Phi) is 6.71. The third-order valence-corrected chi connectivity index (χ3v) is 4.36. The van der Waals surface area contributed by atoms with E-state index in [9.17, 15) is 5.26 Å². The minimum atomic E-state index is 0.549. The van der Waals surface area contributed by atoms with Crippen molar-refractivity contribution in [3.05, 3.63) is 61.5 Å². The van der Waals surface area contributed by atoms with Crippen molar-refractivity contribution < 1.29 is 4.74 Å². The lowest BCUT2D eigenvalue weighted by Gasteiger charge is -2.12. The summed E-state index contributed by atoms with van der Waals surface area (Å²) in [5, 5.41) is 10.1. The van der Waals surface area contributed by atoms with E-state index in [0.29, 0.717) is 17.2 Å². The highest BCUT2D eigenvalue weighted by atomic mass is 79.9. The number of hydrogen-bond donors (Lipinski definition) is 0. The topological polar surface area (TPSA) is 33.0 Å². The molecule has 2 aromatic rings. The van der Waals surface area contributed by atoms with Crippen molar-refractivity contribution in [2.24, 2.45) is 0 Å². The van der Waals surface area contributed by atoms with Gasteiger partial charge in [0.15, 0.2) is 0 Å². The summed E-state index contributed by atoms with van der Waals surface area (Å²) in [6, 6.07) is 13.3. The lowest BCUT2D eigenvalue weighted by Crippen LogP contribution is -1.98. The molecule has 23 heavy (non-hydrogen) atoms. The van der Waals surface area contributed by atoms with E-state index in [4.69, 9.17) is 16.3 Å². The van der Waals surface area contributed by atoms with E-state index in [1.54, 1.807) is 12.1 Å². The zero-order chi connectivity index (χ0) is 16.8. The zero-order valence-corrected chi connectivity index (χ0v) is 16.4. The molecule has 2 rings (SSSR count). The maximum Gasteiger partial charge on any atom is 0.140 e. The maximum atomic E-state index is 9.50. The van der Waals surface area contributed by atoms with E-state index in [1.165, 1.54) is 0 Å². The summed E-state index contributed by atoms with van der Waals surface area (Å²) in [7, 11) is 0. The van der Waals surface area contributed by atoms with Crippen LogP contribution in [0.3, 0.4) is 0 Å². The molecule has 0 aromatic heterocycles. The van der Waals surface area contributed by atoms with Gasteiger partial charge in [0.2, 0.25) is 0 Å². The third kappa shape index (κ3) is 4.84. The first-order valence-corrected chi connectivity index (χ1v) is 9.01. The van der Waals surface area contributed by atoms with Gasteiger partial charge in [0.1, 0.15) is 5.75 Å². The molecular weight excluding hydrogens is 441 g/mol. The highest BCUT2D eigenvalue weighted by molar-refractivity contribution is 9.11. The summed E-state index contributed by atoms with van der Waals surface area (Å²) in [6.07, 6.45) is 2.73. The van der Waals surface area contributed by atoms with Crippen molar-refractivity contribution in [3.63, 3.8) is 0 Å². The van der Waals surface area contributed by atoms with Gasteiger partial charge in [0.05, 0.1) is 22.7 Å². The predicted molar refractivity (Wildman–Crippen MR) is 103 cm³/mol. The molecule has 2 aromatic carbocycles. The second-order valence-corrected chi connectivity index (χ2v) is 7.04. The first-order valence-electron chi connectivity index (χ1n) is 7.04. The Balaban J connectivity index is 2.50. The van der Waals surface area contributed by atoms with Crippen LogP contribution in [0, 0.1) is 11.3 Å². The number of hydrogen-bond acceptors (Lipinski definition) is 2. The van der Waals surface area contributed by atoms with Gasteiger partial charge in [-0.25, -0.2) is 0 Å². The molecule has 0 N–H and O–H groups in total. The molecule has 2 nitrogen and oxygen atoms in total. The van der Waals surface area contributed by atoms with Crippen LogP contribution >= 0.6 is 43.5 Å². The number of allylic oxidation sites excluding steroid dienone is 1. The van der Waals surface area contributed by atoms with E-state index < -0.39 is 0 Å². The van der Waals surface area contributed by atoms with Crippen molar-refractivity contribution in [1.82, 2.24) is 0 Å². The number of nitriles is 1. The standard InChI is InChI=1S/C18H14Br2ClNO/c1-2-7-23-18-13(9-15(19)10-17(18)20)8-14(11-22)12-3-5-16(21)6-4-12/h3-6,8-10H,2,7H2,1H3/b14-8+. The summed E-state index contributed by atoms with van der Waals surface area (Å²) >= 11 is 12.9. The predicted octanol–water partition coefficient (Wildman–Crippen LogP) is 6.72. The molecule has 0 aliphatic heterocycles. The average Bonchev–Trinajstić information content (AvgIpc) is 2.52. The Morgan fingerprint density at radius 2 is 1.96 bits per heavy atom. The molecule has 0 bridgehead atoms. The maximum absolute atomic E-state index is 9.50. The van der Waals surface area contributed by atoms with Gasteiger partial charge in [-0.15, -0.1) is 0 Å². The van der Waals surface area contributed by atoms with E-state index in [0.717, 1.165) is 32.2 Å². The minimum absolute atomic E-state index is 0.549. The van der Waals surface area contributed by atoms with Crippen LogP contribution in [0.4, 0.5) is 0 Å². The van der Waals surface area contributed by atoms with Crippen LogP contribution in [0.1, 0.15) is 24.5 Å². The largest absolute Gasteiger partial charge is 0.492 e. The summed E-state index contributed by atoms with van der Waals surface area (Å²) in [4.78, 5) is 0. The van der Waals surface area contributed by atoms with Gasteiger partial charge in [-0.1, -0.05) is 46.6 Å². The van der Waals surface area contributed by atoms with Gasteiger partial charge in [0, 0.05) is 15.1 Å². The molecule has 5 heteroatoms. The summed E-state index contributed by atoms with van der Waals surface area (Å²) in [5.74, 6) is 0.733. The summed E-state index contributed by atoms with van der Waals surface area (Å²) in [5.41, 5.74) is 2.20. The van der Waals surface area contributed by atoms with Crippen molar-refractivity contribution in [1.29, 1.82) is 5.26 Å². The van der Waals surface area contributed by atoms with E-state index in [1.807, 2.05) is 30.3 Å². The number of benzene rings is 2. The number of halogens is 3. The Morgan fingerprint density at radius 3 is 2.57 bits per heavy atom. The number of nitrogens with zero attached hydrogens (tertiary/aromatic N) is 1. The van der Waals surface area contributed by atoms with Crippen molar-refractivity contribution in [2.45, 2.75) is 13.3 Å². The van der Waals surface area contributed by atoms with Gasteiger partial charge >= 0.3 is 0 Å². The number of ether oxygens (including phenoxy) is 1. The van der Waals surface area contributed by atoms with Gasteiger partial charge < -0.3 is 4.74 Å². The van der Waals surface area contributed by atoms with Crippen LogP contribution in [0.15, 0.2) is 45.3 Å². The Hall–Kier alpha value is -1.28. The Labute approximate surface area is 158 Å². The van der Waals surface area contributed by atoms with Crippen molar-refractivity contribution in [3.8, 4) is 11.8 Å². The zero-order valence-electron chi connectivity index (χ0n) is 12.4. The van der Waals surface area contributed by atoms with Crippen LogP contribution < -0.4 is 4.74 Å². The SMILES string of the molecule is CCCOc1c(Br)cc(Br)cc1/C=C(\C#N)c1ccc(Cl)cc1. The minimum Gasteiger partial charge on any atom is -0.492 e. The summed E-state index contributed by atoms with van der Waals surface area (Å²) < 4.78 is 7.59. The van der Waals surface area contributed by atoms with E-state index in [-0.39, 0.29) is 0 Å². The Bertz CT molecular complexity index is 764. The van der Waals surface area contributed by atoms with Crippen LogP contribution in [0.25, 0.3) is 11.6 Å². The lowest BCUT2D eigenvalue weighted by molar-refractivity contribution is 0.315. The molecule has 0 saturated heterocycles. The van der Waals surface area contributed by atoms with E-state index >= 15 is 0 Å². The highest BCUT2D eigenvalue weighted by Gasteiger charge is 2.11. The normalized spacial score (nSPS) is 11.2. The molecule has 0 atom stereocenters. The molecule has 0 aliphatic carbocycles. The van der Waals surface area contributed by atoms with Crippen LogP contribution in [0.5, 0.6) is 5.75 Å². The molecule has 118 valence electrons. The first-order chi connectivity index (χ1) is 11.0. The van der Waals surface area contributed by atoms with Gasteiger partial charge in [0.25, 0.3) is 0 Å². The van der Waals surface area contributed by atoms with Gasteiger partial charge in [-0.2, -0.15) is 5.26 Å². The number of rotatable bonds is 5.